The average Bonchev–Trinajstić information content (AvgIpc) is 3.57. The number of fused-ring (bicyclic) bond motifs is 6. The van der Waals surface area contributed by atoms with Crippen molar-refractivity contribution < 1.29 is 0 Å². The molecule has 1 aromatic heterocycles. The molecule has 244 valence electrons. The maximum absolute atomic E-state index is 2.48. The predicted molar refractivity (Wildman–Crippen MR) is 221 cm³/mol. The van der Waals surface area contributed by atoms with Crippen molar-refractivity contribution in [1.82, 2.24) is 4.57 Å². The highest BCUT2D eigenvalue weighted by molar-refractivity contribution is 6.19. The molecule has 9 aromatic carbocycles. The van der Waals surface area contributed by atoms with Crippen LogP contribution in [-0.2, 0) is 0 Å². The molecule has 0 fully saturated rings. The Kier molecular flexibility index (Phi) is 7.18. The van der Waals surface area contributed by atoms with E-state index in [1.165, 1.54) is 71.3 Å². The normalized spacial score (nSPS) is 11.5. The molecular weight excluding hydrogens is 629 g/mol. The molecule has 10 rings (SSSR count). The van der Waals surface area contributed by atoms with Crippen molar-refractivity contribution in [3.05, 3.63) is 206 Å². The highest BCUT2D eigenvalue weighted by Gasteiger charge is 2.20. The van der Waals surface area contributed by atoms with Gasteiger partial charge in [-0.15, -0.1) is 0 Å². The summed E-state index contributed by atoms with van der Waals surface area (Å²) < 4.78 is 2.48. The van der Waals surface area contributed by atoms with Crippen LogP contribution in [0.3, 0.4) is 0 Å². The highest BCUT2D eigenvalue weighted by atomic mass is 15.1. The van der Waals surface area contributed by atoms with Crippen molar-refractivity contribution in [2.24, 2.45) is 0 Å². The molecule has 0 aliphatic carbocycles. The van der Waals surface area contributed by atoms with Gasteiger partial charge in [0.15, 0.2) is 0 Å². The van der Waals surface area contributed by atoms with Gasteiger partial charge in [-0.1, -0.05) is 164 Å². The first-order chi connectivity index (χ1) is 25.8. The number of anilines is 3. The fraction of sp³-hybridized carbons (Fsp3) is 0. The first-order valence-electron chi connectivity index (χ1n) is 17.9. The minimum atomic E-state index is 1.10. The summed E-state index contributed by atoms with van der Waals surface area (Å²) in [6, 6.07) is 74.6. The first kappa shape index (κ1) is 30.0. The van der Waals surface area contributed by atoms with Crippen LogP contribution in [0.4, 0.5) is 17.1 Å². The van der Waals surface area contributed by atoms with Gasteiger partial charge in [0.2, 0.25) is 0 Å². The number of nitrogens with zero attached hydrogens (tertiary/aromatic N) is 2. The van der Waals surface area contributed by atoms with Gasteiger partial charge in [-0.2, -0.15) is 0 Å². The van der Waals surface area contributed by atoms with Gasteiger partial charge in [0.25, 0.3) is 0 Å². The second kappa shape index (κ2) is 12.5. The first-order valence-corrected chi connectivity index (χ1v) is 17.9. The number of hydrogen-bond acceptors (Lipinski definition) is 1. The quantitative estimate of drug-likeness (QED) is 0.172. The fourth-order valence-corrected chi connectivity index (χ4v) is 7.94. The molecular formula is C50H34N2. The van der Waals surface area contributed by atoms with Crippen LogP contribution in [0.2, 0.25) is 0 Å². The van der Waals surface area contributed by atoms with Gasteiger partial charge in [0.05, 0.1) is 22.4 Å². The van der Waals surface area contributed by atoms with Crippen LogP contribution in [0.25, 0.3) is 71.3 Å². The summed E-state index contributed by atoms with van der Waals surface area (Å²) in [5, 5.41) is 7.40. The van der Waals surface area contributed by atoms with E-state index in [-0.39, 0.29) is 0 Å². The Morgan fingerprint density at radius 1 is 0.308 bits per heavy atom. The largest absolute Gasteiger partial charge is 0.310 e. The molecule has 0 bridgehead atoms. The Morgan fingerprint density at radius 2 is 0.827 bits per heavy atom. The number of benzene rings is 9. The summed E-state index contributed by atoms with van der Waals surface area (Å²) in [5.74, 6) is 0. The summed E-state index contributed by atoms with van der Waals surface area (Å²) in [6.07, 6.45) is 0. The molecule has 0 radical (unpaired) electrons. The Morgan fingerprint density at radius 3 is 1.50 bits per heavy atom. The maximum Gasteiger partial charge on any atom is 0.0619 e. The second-order valence-electron chi connectivity index (χ2n) is 13.3. The smallest absolute Gasteiger partial charge is 0.0619 e. The van der Waals surface area contributed by atoms with Crippen LogP contribution in [0.5, 0.6) is 0 Å². The Hall–Kier alpha value is -6.90. The number of rotatable bonds is 6. The molecule has 0 unspecified atom stereocenters. The molecule has 0 saturated heterocycles. The monoisotopic (exact) mass is 662 g/mol. The Labute approximate surface area is 303 Å². The van der Waals surface area contributed by atoms with E-state index in [4.69, 9.17) is 0 Å². The zero-order valence-corrected chi connectivity index (χ0v) is 28.5. The zero-order valence-electron chi connectivity index (χ0n) is 28.5. The summed E-state index contributed by atoms with van der Waals surface area (Å²) in [6.45, 7) is 0. The third-order valence-corrected chi connectivity index (χ3v) is 10.4. The Balaban J connectivity index is 1.20. The van der Waals surface area contributed by atoms with E-state index in [0.717, 1.165) is 17.1 Å². The zero-order chi connectivity index (χ0) is 34.4. The van der Waals surface area contributed by atoms with Gasteiger partial charge in [-0.05, 0) is 70.1 Å². The molecule has 0 atom stereocenters. The molecule has 0 N–H and O–H groups in total. The third-order valence-electron chi connectivity index (χ3n) is 10.4. The van der Waals surface area contributed by atoms with Crippen LogP contribution in [0, 0.1) is 0 Å². The number of para-hydroxylation sites is 1. The van der Waals surface area contributed by atoms with Crippen LogP contribution in [0.15, 0.2) is 206 Å². The van der Waals surface area contributed by atoms with Gasteiger partial charge in [-0.25, -0.2) is 0 Å². The van der Waals surface area contributed by atoms with Crippen molar-refractivity contribution in [3.8, 4) is 27.9 Å². The molecule has 0 aliphatic heterocycles. The van der Waals surface area contributed by atoms with Gasteiger partial charge < -0.3 is 9.47 Å². The van der Waals surface area contributed by atoms with Gasteiger partial charge >= 0.3 is 0 Å². The second-order valence-corrected chi connectivity index (χ2v) is 13.3. The lowest BCUT2D eigenvalue weighted by atomic mass is 10.0. The maximum atomic E-state index is 2.48. The predicted octanol–water partition coefficient (Wildman–Crippen LogP) is 13.9. The lowest BCUT2D eigenvalue weighted by molar-refractivity contribution is 1.20. The third kappa shape index (κ3) is 4.96. The van der Waals surface area contributed by atoms with E-state index in [0.29, 0.717) is 0 Å². The van der Waals surface area contributed by atoms with Crippen molar-refractivity contribution >= 4 is 60.4 Å². The van der Waals surface area contributed by atoms with E-state index < -0.39 is 0 Å². The topological polar surface area (TPSA) is 8.17 Å². The minimum Gasteiger partial charge on any atom is -0.310 e. The van der Waals surface area contributed by atoms with E-state index in [1.807, 2.05) is 0 Å². The van der Waals surface area contributed by atoms with Crippen molar-refractivity contribution in [2.45, 2.75) is 0 Å². The van der Waals surface area contributed by atoms with Crippen LogP contribution >= 0.6 is 0 Å². The molecule has 52 heavy (non-hydrogen) atoms. The molecule has 0 saturated carbocycles. The molecule has 1 heterocycles. The van der Waals surface area contributed by atoms with Crippen LogP contribution in [0.1, 0.15) is 0 Å². The average molecular weight is 663 g/mol. The SMILES string of the molecule is c1ccc(-c2ccc(N(c3ccc(-c4ccccc4)cc3)c3cccc4c(-n5c6ccccc6c6ccc7ccccc7c65)cccc34)cc2)cc1. The lowest BCUT2D eigenvalue weighted by Crippen LogP contribution is -2.10. The highest BCUT2D eigenvalue weighted by Crippen LogP contribution is 2.43. The van der Waals surface area contributed by atoms with Gasteiger partial charge in [0.1, 0.15) is 0 Å². The van der Waals surface area contributed by atoms with Crippen molar-refractivity contribution in [1.29, 1.82) is 0 Å². The molecule has 2 heteroatoms. The van der Waals surface area contributed by atoms with Crippen LogP contribution < -0.4 is 4.90 Å². The van der Waals surface area contributed by atoms with Crippen LogP contribution in [-0.4, -0.2) is 4.57 Å². The van der Waals surface area contributed by atoms with E-state index >= 15 is 0 Å². The molecule has 10 aromatic rings. The summed E-state index contributed by atoms with van der Waals surface area (Å²) >= 11 is 0. The molecule has 2 nitrogen and oxygen atoms in total. The van der Waals surface area contributed by atoms with Gasteiger partial charge in [0, 0.05) is 38.3 Å². The number of hydrogen-bond donors (Lipinski definition) is 0. The minimum absolute atomic E-state index is 1.10. The number of aromatic nitrogens is 1. The summed E-state index contributed by atoms with van der Waals surface area (Å²) in [5.41, 5.74) is 11.8. The van der Waals surface area contributed by atoms with E-state index in [1.54, 1.807) is 0 Å². The van der Waals surface area contributed by atoms with Crippen molar-refractivity contribution in [2.75, 3.05) is 4.90 Å². The fourth-order valence-electron chi connectivity index (χ4n) is 7.94. The van der Waals surface area contributed by atoms with Gasteiger partial charge in [-0.3, -0.25) is 0 Å². The van der Waals surface area contributed by atoms with E-state index in [2.05, 4.69) is 216 Å². The molecule has 0 spiro atoms. The summed E-state index contributed by atoms with van der Waals surface area (Å²) in [4.78, 5) is 2.40. The lowest BCUT2D eigenvalue weighted by Gasteiger charge is -2.28. The summed E-state index contributed by atoms with van der Waals surface area (Å²) in [7, 11) is 0. The standard InChI is InChI=1S/C50H34N2/c1-3-13-35(14-4-1)37-25-30-40(31-26-37)51(41-32-27-38(28-33-41)36-15-5-2-6-16-36)47-23-11-21-44-43(47)20-12-24-49(44)52-48-22-10-9-19-45(48)46-34-29-39-17-7-8-18-42(39)50(46)52/h1-34H. The van der Waals surface area contributed by atoms with E-state index in [9.17, 15) is 0 Å². The molecule has 0 aliphatic rings. The molecule has 0 amide bonds. The Bertz CT molecular complexity index is 2790. The van der Waals surface area contributed by atoms with Crippen molar-refractivity contribution in [3.63, 3.8) is 0 Å².